The second kappa shape index (κ2) is 4.98. The van der Waals surface area contributed by atoms with Gasteiger partial charge in [-0.15, -0.1) is 0 Å². The lowest BCUT2D eigenvalue weighted by molar-refractivity contribution is 0.127. The molecule has 1 aromatic carbocycles. The van der Waals surface area contributed by atoms with Gasteiger partial charge in [0.2, 0.25) is 0 Å². The molecule has 16 heavy (non-hydrogen) atoms. The van der Waals surface area contributed by atoms with Crippen LogP contribution >= 0.6 is 0 Å². The maximum Gasteiger partial charge on any atom is 0.0527 e. The van der Waals surface area contributed by atoms with Gasteiger partial charge >= 0.3 is 0 Å². The van der Waals surface area contributed by atoms with Crippen molar-refractivity contribution < 1.29 is 5.11 Å². The van der Waals surface area contributed by atoms with E-state index < -0.39 is 0 Å². The topological polar surface area (TPSA) is 32.3 Å². The third kappa shape index (κ3) is 2.13. The van der Waals surface area contributed by atoms with Gasteiger partial charge in [0.1, 0.15) is 0 Å². The van der Waals surface area contributed by atoms with Crippen LogP contribution in [-0.4, -0.2) is 24.8 Å². The zero-order valence-corrected chi connectivity index (χ0v) is 9.95. The molecule has 1 fully saturated rings. The maximum absolute atomic E-state index is 9.77. The number of aliphatic hydroxyl groups excluding tert-OH is 1. The minimum absolute atomic E-state index is 0.0800. The second-order valence-electron chi connectivity index (χ2n) is 4.97. The Morgan fingerprint density at radius 3 is 2.44 bits per heavy atom. The summed E-state index contributed by atoms with van der Waals surface area (Å²) in [5, 5.41) is 13.2. The Bertz CT molecular complexity index is 319. The van der Waals surface area contributed by atoms with Crippen molar-refractivity contribution in [2.45, 2.75) is 25.2 Å². The van der Waals surface area contributed by atoms with Crippen molar-refractivity contribution in [3.63, 3.8) is 0 Å². The van der Waals surface area contributed by atoms with Crippen molar-refractivity contribution in [2.75, 3.05) is 19.7 Å². The first-order valence-electron chi connectivity index (χ1n) is 6.14. The number of nitrogens with one attached hydrogen (secondary N) is 1. The number of rotatable bonds is 3. The van der Waals surface area contributed by atoms with Crippen LogP contribution in [0.25, 0.3) is 0 Å². The Kier molecular flexibility index (Phi) is 3.62. The fourth-order valence-corrected chi connectivity index (χ4v) is 2.73. The molecule has 2 N–H and O–H groups in total. The molecule has 0 radical (unpaired) electrons. The lowest BCUT2D eigenvalue weighted by atomic mass is 9.69. The van der Waals surface area contributed by atoms with Gasteiger partial charge in [0, 0.05) is 5.41 Å². The van der Waals surface area contributed by atoms with Crippen LogP contribution in [0.3, 0.4) is 0 Å². The smallest absolute Gasteiger partial charge is 0.0527 e. The normalized spacial score (nSPS) is 21.6. The van der Waals surface area contributed by atoms with Gasteiger partial charge in [-0.1, -0.05) is 37.3 Å². The fraction of sp³-hybridized carbons (Fsp3) is 0.571. The molecule has 1 aliphatic rings. The maximum atomic E-state index is 9.77. The summed E-state index contributed by atoms with van der Waals surface area (Å²) in [5.74, 6) is 0.584. The first-order chi connectivity index (χ1) is 7.77. The summed E-state index contributed by atoms with van der Waals surface area (Å²) in [7, 11) is 0. The zero-order chi connectivity index (χ0) is 11.4. The minimum atomic E-state index is -0.0800. The Balaban J connectivity index is 2.24. The molecule has 0 amide bonds. The van der Waals surface area contributed by atoms with Gasteiger partial charge in [-0.05, 0) is 37.4 Å². The lowest BCUT2D eigenvalue weighted by Crippen LogP contribution is -2.42. The van der Waals surface area contributed by atoms with Crippen LogP contribution in [0.4, 0.5) is 0 Å². The van der Waals surface area contributed by atoms with Gasteiger partial charge in [0.25, 0.3) is 0 Å². The zero-order valence-electron chi connectivity index (χ0n) is 9.95. The molecule has 1 heterocycles. The van der Waals surface area contributed by atoms with E-state index in [1.54, 1.807) is 0 Å². The molecular weight excluding hydrogens is 198 g/mol. The van der Waals surface area contributed by atoms with Crippen LogP contribution in [0.1, 0.15) is 25.3 Å². The van der Waals surface area contributed by atoms with Crippen molar-refractivity contribution in [1.29, 1.82) is 0 Å². The molecule has 0 aromatic heterocycles. The van der Waals surface area contributed by atoms with Gasteiger partial charge in [0.15, 0.2) is 0 Å². The van der Waals surface area contributed by atoms with Gasteiger partial charge in [0.05, 0.1) is 6.61 Å². The number of piperidine rings is 1. The Hall–Kier alpha value is -0.860. The predicted octanol–water partition coefficient (Wildman–Crippen LogP) is 1.94. The molecule has 0 spiro atoms. The SMILES string of the molecule is CC(CO)(c1ccccc1)C1CCNCC1. The predicted molar refractivity (Wildman–Crippen MR) is 66.5 cm³/mol. The van der Waals surface area contributed by atoms with Crippen molar-refractivity contribution in [3.8, 4) is 0 Å². The van der Waals surface area contributed by atoms with E-state index in [0.717, 1.165) is 25.9 Å². The highest BCUT2D eigenvalue weighted by Crippen LogP contribution is 2.36. The highest BCUT2D eigenvalue weighted by molar-refractivity contribution is 5.26. The van der Waals surface area contributed by atoms with Crippen molar-refractivity contribution in [1.82, 2.24) is 5.32 Å². The summed E-state index contributed by atoms with van der Waals surface area (Å²) in [4.78, 5) is 0. The van der Waals surface area contributed by atoms with Crippen molar-refractivity contribution >= 4 is 0 Å². The third-order valence-corrected chi connectivity index (χ3v) is 4.00. The summed E-state index contributed by atoms with van der Waals surface area (Å²) in [6.45, 7) is 4.58. The monoisotopic (exact) mass is 219 g/mol. The molecule has 0 bridgehead atoms. The van der Waals surface area contributed by atoms with Gasteiger partial charge in [-0.3, -0.25) is 0 Å². The highest BCUT2D eigenvalue weighted by Gasteiger charge is 2.35. The highest BCUT2D eigenvalue weighted by atomic mass is 16.3. The van der Waals surface area contributed by atoms with Crippen LogP contribution in [0.15, 0.2) is 30.3 Å². The van der Waals surface area contributed by atoms with E-state index in [0.29, 0.717) is 5.92 Å². The number of aliphatic hydroxyl groups is 1. The summed E-state index contributed by atoms with van der Waals surface area (Å²) in [5.41, 5.74) is 1.19. The summed E-state index contributed by atoms with van der Waals surface area (Å²) < 4.78 is 0. The van der Waals surface area contributed by atoms with Gasteiger partial charge < -0.3 is 10.4 Å². The molecular formula is C14H21NO. The largest absolute Gasteiger partial charge is 0.395 e. The molecule has 1 atom stereocenters. The summed E-state index contributed by atoms with van der Waals surface area (Å²) in [6, 6.07) is 10.4. The van der Waals surface area contributed by atoms with Crippen LogP contribution in [0.5, 0.6) is 0 Å². The van der Waals surface area contributed by atoms with E-state index in [1.807, 2.05) is 6.07 Å². The van der Waals surface area contributed by atoms with Gasteiger partial charge in [-0.2, -0.15) is 0 Å². The summed E-state index contributed by atoms with van der Waals surface area (Å²) in [6.07, 6.45) is 2.32. The molecule has 2 rings (SSSR count). The molecule has 0 aliphatic carbocycles. The molecule has 1 unspecified atom stereocenters. The second-order valence-corrected chi connectivity index (χ2v) is 4.97. The van der Waals surface area contributed by atoms with Crippen molar-refractivity contribution in [2.24, 2.45) is 5.92 Å². The van der Waals surface area contributed by atoms with E-state index in [1.165, 1.54) is 5.56 Å². The van der Waals surface area contributed by atoms with E-state index >= 15 is 0 Å². The first kappa shape index (κ1) is 11.6. The average molecular weight is 219 g/mol. The van der Waals surface area contributed by atoms with E-state index in [-0.39, 0.29) is 12.0 Å². The fourth-order valence-electron chi connectivity index (χ4n) is 2.73. The molecule has 2 heteroatoms. The Labute approximate surface area is 97.7 Å². The quantitative estimate of drug-likeness (QED) is 0.814. The van der Waals surface area contributed by atoms with E-state index in [2.05, 4.69) is 36.5 Å². The first-order valence-corrected chi connectivity index (χ1v) is 6.14. The van der Waals surface area contributed by atoms with Crippen LogP contribution in [0.2, 0.25) is 0 Å². The average Bonchev–Trinajstić information content (AvgIpc) is 2.40. The van der Waals surface area contributed by atoms with Crippen molar-refractivity contribution in [3.05, 3.63) is 35.9 Å². The van der Waals surface area contributed by atoms with Crippen LogP contribution in [-0.2, 0) is 5.41 Å². The molecule has 0 saturated carbocycles. The molecule has 1 saturated heterocycles. The van der Waals surface area contributed by atoms with E-state index in [4.69, 9.17) is 0 Å². The molecule has 2 nitrogen and oxygen atoms in total. The van der Waals surface area contributed by atoms with E-state index in [9.17, 15) is 5.11 Å². The lowest BCUT2D eigenvalue weighted by Gasteiger charge is -2.39. The van der Waals surface area contributed by atoms with Crippen LogP contribution in [0, 0.1) is 5.92 Å². The molecule has 1 aromatic rings. The Morgan fingerprint density at radius 1 is 1.25 bits per heavy atom. The van der Waals surface area contributed by atoms with Gasteiger partial charge in [-0.25, -0.2) is 0 Å². The molecule has 88 valence electrons. The Morgan fingerprint density at radius 2 is 1.88 bits per heavy atom. The summed E-state index contributed by atoms with van der Waals surface area (Å²) >= 11 is 0. The number of benzene rings is 1. The third-order valence-electron chi connectivity index (χ3n) is 4.00. The number of hydrogen-bond acceptors (Lipinski definition) is 2. The standard InChI is InChI=1S/C14H21NO/c1-14(11-16,12-5-3-2-4-6-12)13-7-9-15-10-8-13/h2-6,13,15-16H,7-11H2,1H3. The minimum Gasteiger partial charge on any atom is -0.395 e. The van der Waals surface area contributed by atoms with Crippen LogP contribution < -0.4 is 5.32 Å². The number of hydrogen-bond donors (Lipinski definition) is 2. The molecule has 1 aliphatic heterocycles.